The minimum atomic E-state index is -0.511. The molecule has 1 amide bonds. The van der Waals surface area contributed by atoms with Crippen molar-refractivity contribution in [3.63, 3.8) is 0 Å². The van der Waals surface area contributed by atoms with E-state index in [1.807, 2.05) is 24.3 Å². The summed E-state index contributed by atoms with van der Waals surface area (Å²) >= 11 is 0. The number of aliphatic hydroxyl groups excluding tert-OH is 1. The predicted octanol–water partition coefficient (Wildman–Crippen LogP) is 5.29. The molecule has 3 aromatic carbocycles. The lowest BCUT2D eigenvalue weighted by Gasteiger charge is -2.43. The van der Waals surface area contributed by atoms with Crippen LogP contribution < -0.4 is 5.32 Å². The first kappa shape index (κ1) is 30.1. The van der Waals surface area contributed by atoms with Gasteiger partial charge in [-0.15, -0.1) is 0 Å². The molecule has 1 aromatic heterocycles. The molecule has 4 aromatic rings. The van der Waals surface area contributed by atoms with Crippen LogP contribution in [0.1, 0.15) is 51.9 Å². The average molecular weight is 594 g/mol. The van der Waals surface area contributed by atoms with Crippen LogP contribution >= 0.6 is 0 Å². The number of aliphatic hydroxyl groups is 1. The topological polar surface area (TPSA) is 93.2 Å². The fourth-order valence-electron chi connectivity index (χ4n) is 5.84. The van der Waals surface area contributed by atoms with Gasteiger partial charge in [-0.1, -0.05) is 73.7 Å². The third-order valence-corrected chi connectivity index (χ3v) is 8.49. The van der Waals surface area contributed by atoms with Crippen molar-refractivity contribution >= 4 is 5.91 Å². The minimum absolute atomic E-state index is 0.0159. The van der Waals surface area contributed by atoms with E-state index in [9.17, 15) is 9.90 Å². The number of amides is 1. The van der Waals surface area contributed by atoms with Gasteiger partial charge in [-0.05, 0) is 46.0 Å². The summed E-state index contributed by atoms with van der Waals surface area (Å²) in [6, 6.07) is 28.0. The summed E-state index contributed by atoms with van der Waals surface area (Å²) in [4.78, 5) is 18.9. The number of nitrogens with one attached hydrogen (secondary N) is 1. The van der Waals surface area contributed by atoms with Gasteiger partial charge in [-0.25, -0.2) is 0 Å². The van der Waals surface area contributed by atoms with E-state index in [4.69, 9.17) is 14.2 Å². The van der Waals surface area contributed by atoms with Crippen molar-refractivity contribution in [3.05, 3.63) is 125 Å². The Kier molecular flexibility index (Phi) is 9.75. The Labute approximate surface area is 258 Å². The van der Waals surface area contributed by atoms with Crippen molar-refractivity contribution < 1.29 is 24.1 Å². The summed E-state index contributed by atoms with van der Waals surface area (Å²) in [5, 5.41) is 12.5. The Morgan fingerprint density at radius 1 is 0.909 bits per heavy atom. The SMILES string of the molecule is C[C@@H]1[C@H](CN2CCOCC2)O[C@H](c2ccc(-c3cccc(CNC(=O)c4cccnc4)c3)cc2)O[C@@H]1c1ccc(CO)cc1. The van der Waals surface area contributed by atoms with Crippen LogP contribution in [0.5, 0.6) is 0 Å². The Balaban J connectivity index is 1.17. The van der Waals surface area contributed by atoms with Crippen molar-refractivity contribution in [2.24, 2.45) is 5.92 Å². The number of ether oxygens (including phenoxy) is 3. The maximum Gasteiger partial charge on any atom is 0.253 e. The van der Waals surface area contributed by atoms with Crippen LogP contribution in [-0.2, 0) is 27.4 Å². The van der Waals surface area contributed by atoms with Gasteiger partial charge in [0, 0.05) is 50.1 Å². The molecule has 4 atom stereocenters. The first-order valence-electron chi connectivity index (χ1n) is 15.3. The second kappa shape index (κ2) is 14.2. The summed E-state index contributed by atoms with van der Waals surface area (Å²) in [7, 11) is 0. The van der Waals surface area contributed by atoms with E-state index >= 15 is 0 Å². The van der Waals surface area contributed by atoms with Crippen molar-refractivity contribution in [1.82, 2.24) is 15.2 Å². The molecule has 2 aliphatic rings. The normalized spacial score (nSPS) is 22.4. The van der Waals surface area contributed by atoms with E-state index in [1.54, 1.807) is 24.5 Å². The van der Waals surface area contributed by atoms with E-state index in [0.29, 0.717) is 12.1 Å². The molecule has 6 rings (SSSR count). The number of benzene rings is 3. The number of carbonyl (C=O) groups excluding carboxylic acids is 1. The molecule has 2 N–H and O–H groups in total. The van der Waals surface area contributed by atoms with E-state index in [1.165, 1.54) is 0 Å². The number of aromatic nitrogens is 1. The lowest BCUT2D eigenvalue weighted by Crippen LogP contribution is -2.47. The van der Waals surface area contributed by atoms with Crippen LogP contribution in [-0.4, -0.2) is 59.8 Å². The Morgan fingerprint density at radius 2 is 1.68 bits per heavy atom. The van der Waals surface area contributed by atoms with Crippen molar-refractivity contribution in [3.8, 4) is 11.1 Å². The quantitative estimate of drug-likeness (QED) is 0.272. The van der Waals surface area contributed by atoms with Gasteiger partial charge in [0.15, 0.2) is 6.29 Å². The molecule has 0 spiro atoms. The van der Waals surface area contributed by atoms with Gasteiger partial charge in [-0.2, -0.15) is 0 Å². The summed E-state index contributed by atoms with van der Waals surface area (Å²) < 4.78 is 18.9. The van der Waals surface area contributed by atoms with E-state index in [0.717, 1.165) is 66.2 Å². The molecule has 3 heterocycles. The van der Waals surface area contributed by atoms with Gasteiger partial charge in [0.1, 0.15) is 0 Å². The van der Waals surface area contributed by atoms with Crippen LogP contribution in [0.3, 0.4) is 0 Å². The zero-order chi connectivity index (χ0) is 30.3. The van der Waals surface area contributed by atoms with Crippen molar-refractivity contribution in [1.29, 1.82) is 0 Å². The molecule has 44 heavy (non-hydrogen) atoms. The molecule has 8 nitrogen and oxygen atoms in total. The summed E-state index contributed by atoms with van der Waals surface area (Å²) in [6.45, 7) is 6.73. The van der Waals surface area contributed by atoms with Gasteiger partial charge < -0.3 is 24.6 Å². The monoisotopic (exact) mass is 593 g/mol. The Bertz CT molecular complexity index is 1510. The minimum Gasteiger partial charge on any atom is -0.392 e. The molecule has 0 radical (unpaired) electrons. The van der Waals surface area contributed by atoms with E-state index in [-0.39, 0.29) is 30.6 Å². The first-order valence-corrected chi connectivity index (χ1v) is 15.3. The van der Waals surface area contributed by atoms with Crippen LogP contribution in [0, 0.1) is 5.92 Å². The van der Waals surface area contributed by atoms with E-state index < -0.39 is 6.29 Å². The van der Waals surface area contributed by atoms with E-state index in [2.05, 4.69) is 70.7 Å². The first-order chi connectivity index (χ1) is 21.6. The highest BCUT2D eigenvalue weighted by atomic mass is 16.7. The highest BCUT2D eigenvalue weighted by Crippen LogP contribution is 2.42. The van der Waals surface area contributed by atoms with Gasteiger partial charge in [-0.3, -0.25) is 14.7 Å². The smallest absolute Gasteiger partial charge is 0.253 e. The predicted molar refractivity (Wildman–Crippen MR) is 168 cm³/mol. The summed E-state index contributed by atoms with van der Waals surface area (Å²) in [5.41, 5.74) is 6.61. The Morgan fingerprint density at radius 3 is 2.41 bits per heavy atom. The lowest BCUT2D eigenvalue weighted by molar-refractivity contribution is -0.277. The van der Waals surface area contributed by atoms with Crippen LogP contribution in [0.4, 0.5) is 0 Å². The third kappa shape index (κ3) is 7.23. The fourth-order valence-corrected chi connectivity index (χ4v) is 5.84. The molecule has 0 saturated carbocycles. The van der Waals surface area contributed by atoms with Gasteiger partial charge >= 0.3 is 0 Å². The fraction of sp³-hybridized carbons (Fsp3) is 0.333. The zero-order valence-electron chi connectivity index (χ0n) is 25.0. The highest BCUT2D eigenvalue weighted by Gasteiger charge is 2.39. The van der Waals surface area contributed by atoms with Crippen LogP contribution in [0.25, 0.3) is 11.1 Å². The van der Waals surface area contributed by atoms with Crippen molar-refractivity contribution in [2.45, 2.75) is 38.6 Å². The number of hydrogen-bond donors (Lipinski definition) is 2. The molecule has 2 fully saturated rings. The number of carbonyl (C=O) groups is 1. The van der Waals surface area contributed by atoms with Gasteiger partial charge in [0.2, 0.25) is 0 Å². The molecule has 0 bridgehead atoms. The molecule has 0 aliphatic carbocycles. The van der Waals surface area contributed by atoms with Crippen LogP contribution in [0.15, 0.2) is 97.3 Å². The second-order valence-corrected chi connectivity index (χ2v) is 11.5. The molecule has 228 valence electrons. The van der Waals surface area contributed by atoms with Crippen molar-refractivity contribution in [2.75, 3.05) is 32.8 Å². The second-order valence-electron chi connectivity index (χ2n) is 11.5. The number of rotatable bonds is 9. The molecule has 8 heteroatoms. The lowest BCUT2D eigenvalue weighted by atomic mass is 9.90. The standard InChI is InChI=1S/C36H39N3O5/c1-25-33(23-39-16-18-42-19-17-39)43-36(44-34(25)29-9-7-26(24-40)8-10-29)30-13-11-28(12-14-30)31-5-2-4-27(20-31)21-38-35(41)32-6-3-15-37-22-32/h2-15,20,22,25,33-34,36,40H,16-19,21,23-24H2,1H3,(H,38,41)/t25-,33+,34+,36+/m1/s1. The van der Waals surface area contributed by atoms with Crippen LogP contribution in [0.2, 0.25) is 0 Å². The third-order valence-electron chi connectivity index (χ3n) is 8.49. The largest absolute Gasteiger partial charge is 0.392 e. The maximum atomic E-state index is 12.5. The van der Waals surface area contributed by atoms with Gasteiger partial charge in [0.25, 0.3) is 5.91 Å². The maximum absolute atomic E-state index is 12.5. The molecular weight excluding hydrogens is 554 g/mol. The molecule has 2 aliphatic heterocycles. The number of hydrogen-bond acceptors (Lipinski definition) is 7. The molecular formula is C36H39N3O5. The highest BCUT2D eigenvalue weighted by molar-refractivity contribution is 5.93. The van der Waals surface area contributed by atoms with Gasteiger partial charge in [0.05, 0.1) is 37.6 Å². The number of morpholine rings is 1. The number of pyridine rings is 1. The average Bonchev–Trinajstić information content (AvgIpc) is 3.09. The zero-order valence-corrected chi connectivity index (χ0v) is 25.0. The molecule has 0 unspecified atom stereocenters. The Hall–Kier alpha value is -3.92. The summed E-state index contributed by atoms with van der Waals surface area (Å²) in [6.07, 6.45) is 2.53. The molecule has 2 saturated heterocycles. The summed E-state index contributed by atoms with van der Waals surface area (Å²) in [5.74, 6) is -0.0149. The number of nitrogens with zero attached hydrogens (tertiary/aromatic N) is 2.